The highest BCUT2D eigenvalue weighted by Crippen LogP contribution is 2.52. The highest BCUT2D eigenvalue weighted by molar-refractivity contribution is 8.00. The van der Waals surface area contributed by atoms with Crippen LogP contribution in [0.4, 0.5) is 0 Å². The molecule has 2 aliphatic carbocycles. The summed E-state index contributed by atoms with van der Waals surface area (Å²) in [6, 6.07) is 0.415. The third-order valence-electron chi connectivity index (χ3n) is 6.96. The monoisotopic (exact) mass is 429 g/mol. The number of likely N-dealkylation sites (tertiary alicyclic amines) is 1. The molecule has 2 aromatic rings. The zero-order valence-corrected chi connectivity index (χ0v) is 19.6. The molecule has 2 atom stereocenters. The van der Waals surface area contributed by atoms with Gasteiger partial charge in [-0.3, -0.25) is 4.79 Å². The fourth-order valence-electron chi connectivity index (χ4n) is 6.29. The van der Waals surface area contributed by atoms with Crippen LogP contribution in [0, 0.1) is 17.8 Å². The Morgan fingerprint density at radius 3 is 2.83 bits per heavy atom. The summed E-state index contributed by atoms with van der Waals surface area (Å²) in [5, 5.41) is 2.26. The summed E-state index contributed by atoms with van der Waals surface area (Å²) >= 11 is 3.47. The van der Waals surface area contributed by atoms with Crippen molar-refractivity contribution in [3.8, 4) is 0 Å². The largest absolute Gasteiger partial charge is 0.338 e. The van der Waals surface area contributed by atoms with Gasteiger partial charge < -0.3 is 4.90 Å². The van der Waals surface area contributed by atoms with Crippen molar-refractivity contribution in [3.63, 3.8) is 0 Å². The fourth-order valence-corrected chi connectivity index (χ4v) is 8.65. The van der Waals surface area contributed by atoms with Gasteiger partial charge in [0.05, 0.1) is 5.75 Å². The van der Waals surface area contributed by atoms with E-state index in [2.05, 4.69) is 25.7 Å². The predicted octanol–water partition coefficient (Wildman–Crippen LogP) is 5.40. The molecule has 0 spiro atoms. The normalized spacial score (nSPS) is 28.0. The Balaban J connectivity index is 1.37. The first-order valence-electron chi connectivity index (χ1n) is 10.9. The molecule has 3 aliphatic rings. The molecule has 1 amide bonds. The number of thioether (sulfide) groups is 1. The Morgan fingerprint density at radius 1 is 1.21 bits per heavy atom. The zero-order chi connectivity index (χ0) is 20.4. The van der Waals surface area contributed by atoms with Crippen molar-refractivity contribution in [1.82, 2.24) is 14.9 Å². The number of aryl methyl sites for hydroxylation is 3. The van der Waals surface area contributed by atoms with Gasteiger partial charge in [0.1, 0.15) is 15.7 Å². The highest BCUT2D eigenvalue weighted by atomic mass is 32.2. The van der Waals surface area contributed by atoms with Crippen LogP contribution in [-0.2, 0) is 17.6 Å². The number of carbonyl (C=O) groups excluding carboxylic acids is 1. The molecule has 2 bridgehead atoms. The van der Waals surface area contributed by atoms with Gasteiger partial charge in [0, 0.05) is 22.8 Å². The predicted molar refractivity (Wildman–Crippen MR) is 121 cm³/mol. The Kier molecular flexibility index (Phi) is 4.74. The van der Waals surface area contributed by atoms with Crippen LogP contribution in [0.25, 0.3) is 10.2 Å². The molecular weight excluding hydrogens is 398 g/mol. The van der Waals surface area contributed by atoms with Crippen LogP contribution in [0.15, 0.2) is 5.03 Å². The van der Waals surface area contributed by atoms with Gasteiger partial charge in [0.2, 0.25) is 5.91 Å². The number of thiophene rings is 1. The van der Waals surface area contributed by atoms with Crippen LogP contribution in [0.5, 0.6) is 0 Å². The number of rotatable bonds is 3. The van der Waals surface area contributed by atoms with E-state index in [1.54, 1.807) is 11.8 Å². The van der Waals surface area contributed by atoms with Crippen molar-refractivity contribution in [2.24, 2.45) is 10.8 Å². The third-order valence-corrected chi connectivity index (χ3v) is 9.11. The zero-order valence-electron chi connectivity index (χ0n) is 18.0. The minimum absolute atomic E-state index is 0.287. The SMILES string of the molecule is Cc1nc(SCC(=O)N2CC3(C)CC2CC(C)(C)C3)c2c3c(sc2n1)CCCC3. The minimum Gasteiger partial charge on any atom is -0.338 e. The van der Waals surface area contributed by atoms with Gasteiger partial charge in [-0.2, -0.15) is 0 Å². The van der Waals surface area contributed by atoms with E-state index in [9.17, 15) is 4.79 Å². The lowest BCUT2D eigenvalue weighted by atomic mass is 9.65. The van der Waals surface area contributed by atoms with Gasteiger partial charge in [0.15, 0.2) is 0 Å². The van der Waals surface area contributed by atoms with E-state index in [0.717, 1.165) is 35.1 Å². The van der Waals surface area contributed by atoms with Crippen molar-refractivity contribution in [2.45, 2.75) is 83.7 Å². The molecule has 3 heterocycles. The van der Waals surface area contributed by atoms with Crippen LogP contribution in [0.1, 0.15) is 69.1 Å². The number of hydrogen-bond acceptors (Lipinski definition) is 5. The van der Waals surface area contributed by atoms with E-state index in [1.807, 2.05) is 18.3 Å². The van der Waals surface area contributed by atoms with Crippen LogP contribution < -0.4 is 0 Å². The molecule has 0 aromatic carbocycles. The lowest BCUT2D eigenvalue weighted by Gasteiger charge is -2.39. The van der Waals surface area contributed by atoms with E-state index in [1.165, 1.54) is 47.9 Å². The summed E-state index contributed by atoms with van der Waals surface area (Å²) in [6.07, 6.45) is 8.35. The van der Waals surface area contributed by atoms with E-state index >= 15 is 0 Å². The summed E-state index contributed by atoms with van der Waals surface area (Å²) < 4.78 is 0. The first-order valence-corrected chi connectivity index (χ1v) is 12.7. The quantitative estimate of drug-likeness (QED) is 0.484. The van der Waals surface area contributed by atoms with Gasteiger partial charge in [-0.15, -0.1) is 11.3 Å². The number of aromatic nitrogens is 2. The Labute approximate surface area is 181 Å². The average Bonchev–Trinajstić information content (AvgIpc) is 3.12. The van der Waals surface area contributed by atoms with Crippen molar-refractivity contribution >= 4 is 39.2 Å². The molecule has 156 valence electrons. The lowest BCUT2D eigenvalue weighted by molar-refractivity contribution is -0.129. The third kappa shape index (κ3) is 3.60. The summed E-state index contributed by atoms with van der Waals surface area (Å²) in [7, 11) is 0. The standard InChI is InChI=1S/C23H31N3OS2/c1-14-24-20(19-16-7-5-6-8-17(16)29-21(19)25-14)28-11-18(27)26-13-23(4)10-15(26)9-22(2,3)12-23/h15H,5-13H2,1-4H3. The van der Waals surface area contributed by atoms with Gasteiger partial charge in [0.25, 0.3) is 0 Å². The van der Waals surface area contributed by atoms with E-state index in [0.29, 0.717) is 17.2 Å². The number of amides is 1. The van der Waals surface area contributed by atoms with Gasteiger partial charge in [-0.25, -0.2) is 9.97 Å². The molecule has 0 N–H and O–H groups in total. The summed E-state index contributed by atoms with van der Waals surface area (Å²) in [5.74, 6) is 1.59. The van der Waals surface area contributed by atoms with Crippen LogP contribution >= 0.6 is 23.1 Å². The maximum atomic E-state index is 13.2. The molecule has 0 radical (unpaired) electrons. The van der Waals surface area contributed by atoms with E-state index in [4.69, 9.17) is 9.97 Å². The molecule has 1 saturated heterocycles. The maximum absolute atomic E-state index is 13.2. The second-order valence-corrected chi connectivity index (χ2v) is 12.5. The fraction of sp³-hybridized carbons (Fsp3) is 0.696. The number of nitrogens with zero attached hydrogens (tertiary/aromatic N) is 3. The summed E-state index contributed by atoms with van der Waals surface area (Å²) in [5.41, 5.74) is 2.08. The molecule has 2 fully saturated rings. The number of carbonyl (C=O) groups is 1. The summed E-state index contributed by atoms with van der Waals surface area (Å²) in [4.78, 5) is 27.5. The molecule has 5 rings (SSSR count). The molecule has 1 aliphatic heterocycles. The molecule has 2 unspecified atom stereocenters. The smallest absolute Gasteiger partial charge is 0.233 e. The van der Waals surface area contributed by atoms with Crippen LogP contribution in [0.3, 0.4) is 0 Å². The first kappa shape index (κ1) is 19.8. The van der Waals surface area contributed by atoms with Crippen molar-refractivity contribution in [1.29, 1.82) is 0 Å². The Bertz CT molecular complexity index is 982. The minimum atomic E-state index is 0.287. The average molecular weight is 430 g/mol. The van der Waals surface area contributed by atoms with Crippen molar-refractivity contribution in [2.75, 3.05) is 12.3 Å². The second-order valence-electron chi connectivity index (χ2n) is 10.5. The van der Waals surface area contributed by atoms with Gasteiger partial charge in [-0.05, 0) is 68.3 Å². The molecule has 6 heteroatoms. The summed E-state index contributed by atoms with van der Waals surface area (Å²) in [6.45, 7) is 9.99. The van der Waals surface area contributed by atoms with Crippen molar-refractivity contribution in [3.05, 3.63) is 16.3 Å². The Morgan fingerprint density at radius 2 is 2.00 bits per heavy atom. The lowest BCUT2D eigenvalue weighted by Crippen LogP contribution is -2.38. The highest BCUT2D eigenvalue weighted by Gasteiger charge is 2.50. The van der Waals surface area contributed by atoms with Crippen molar-refractivity contribution < 1.29 is 4.79 Å². The topological polar surface area (TPSA) is 46.1 Å². The van der Waals surface area contributed by atoms with Gasteiger partial charge >= 0.3 is 0 Å². The maximum Gasteiger partial charge on any atom is 0.233 e. The molecule has 29 heavy (non-hydrogen) atoms. The van der Waals surface area contributed by atoms with E-state index < -0.39 is 0 Å². The first-order chi connectivity index (χ1) is 13.7. The van der Waals surface area contributed by atoms with Crippen LogP contribution in [-0.4, -0.2) is 39.1 Å². The number of fused-ring (bicyclic) bond motifs is 5. The molecule has 2 aromatic heterocycles. The molecule has 4 nitrogen and oxygen atoms in total. The van der Waals surface area contributed by atoms with Crippen LogP contribution in [0.2, 0.25) is 0 Å². The molecular formula is C23H31N3OS2. The Hall–Kier alpha value is -1.14. The number of hydrogen-bond donors (Lipinski definition) is 0. The second kappa shape index (κ2) is 6.94. The molecule has 1 saturated carbocycles. The van der Waals surface area contributed by atoms with Gasteiger partial charge in [-0.1, -0.05) is 32.5 Å². The van der Waals surface area contributed by atoms with E-state index in [-0.39, 0.29) is 11.3 Å².